The molecule has 0 amide bonds. The van der Waals surface area contributed by atoms with Gasteiger partial charge in [0, 0.05) is 0 Å². The Morgan fingerprint density at radius 3 is 2.54 bits per heavy atom. The van der Waals surface area contributed by atoms with Crippen molar-refractivity contribution in [2.24, 2.45) is 5.16 Å². The summed E-state index contributed by atoms with van der Waals surface area (Å²) in [7, 11) is 1.58. The summed E-state index contributed by atoms with van der Waals surface area (Å²) in [6, 6.07) is 11.8. The maximum atomic E-state index is 11.7. The average Bonchev–Trinajstić information content (AvgIpc) is 2.94. The second kappa shape index (κ2) is 7.74. The van der Waals surface area contributed by atoms with Gasteiger partial charge in [-0.15, -0.1) is 0 Å². The molecule has 0 unspecified atom stereocenters. The van der Waals surface area contributed by atoms with Crippen LogP contribution in [0.4, 0.5) is 0 Å². The summed E-state index contributed by atoms with van der Waals surface area (Å²) in [6.07, 6.45) is 1.71. The minimum atomic E-state index is -0.461. The average molecular weight is 416 g/mol. The van der Waals surface area contributed by atoms with Crippen LogP contribution in [0.5, 0.6) is 11.5 Å². The van der Waals surface area contributed by atoms with Crippen LogP contribution in [-0.2, 0) is 16.2 Å². The molecule has 26 heavy (non-hydrogen) atoms. The second-order valence-corrected chi connectivity index (χ2v) is 6.78. The third kappa shape index (κ3) is 3.96. The van der Waals surface area contributed by atoms with Crippen LogP contribution < -0.4 is 9.47 Å². The summed E-state index contributed by atoms with van der Waals surface area (Å²) < 4.78 is 12.1. The van der Waals surface area contributed by atoms with Crippen LogP contribution in [0.2, 0.25) is 0 Å². The number of rotatable bonds is 5. The van der Waals surface area contributed by atoms with E-state index < -0.39 is 5.97 Å². The van der Waals surface area contributed by atoms with Crippen molar-refractivity contribution in [2.45, 2.75) is 20.5 Å². The van der Waals surface area contributed by atoms with Gasteiger partial charge in [-0.2, -0.15) is 0 Å². The Kier molecular flexibility index (Phi) is 5.42. The number of hydrogen-bond donors (Lipinski definition) is 0. The number of carbonyl (C=O) groups is 1. The maximum absolute atomic E-state index is 11.7. The third-order valence-electron chi connectivity index (χ3n) is 3.94. The standard InChI is InChI=1S/C20H18BrNO4/c1-12-4-6-14(7-5-12)11-25-19-17(21)9-15(10-18(19)24-3)8-16-13(2)22-26-20(16)23/h4-10H,11H2,1-3H3/b16-8-. The molecule has 1 aliphatic heterocycles. The number of aryl methyl sites for hydroxylation is 1. The molecule has 3 rings (SSSR count). The van der Waals surface area contributed by atoms with Gasteiger partial charge in [-0.3, -0.25) is 0 Å². The van der Waals surface area contributed by atoms with Crippen molar-refractivity contribution in [3.8, 4) is 11.5 Å². The summed E-state index contributed by atoms with van der Waals surface area (Å²) in [5.74, 6) is 0.714. The predicted octanol–water partition coefficient (Wildman–Crippen LogP) is 4.66. The quantitative estimate of drug-likeness (QED) is 0.526. The van der Waals surface area contributed by atoms with Crippen LogP contribution in [-0.4, -0.2) is 18.8 Å². The molecule has 1 aliphatic rings. The van der Waals surface area contributed by atoms with E-state index in [1.807, 2.05) is 37.3 Å². The van der Waals surface area contributed by atoms with Crippen molar-refractivity contribution in [3.63, 3.8) is 0 Å². The molecule has 0 saturated carbocycles. The highest BCUT2D eigenvalue weighted by molar-refractivity contribution is 9.10. The summed E-state index contributed by atoms with van der Waals surface area (Å²) in [5.41, 5.74) is 4.02. The molecule has 0 N–H and O–H groups in total. The Hall–Kier alpha value is -2.60. The smallest absolute Gasteiger partial charge is 0.367 e. The molecule has 0 aliphatic carbocycles. The molecule has 6 heteroatoms. The molecular formula is C20H18BrNO4. The number of methoxy groups -OCH3 is 1. The van der Waals surface area contributed by atoms with Crippen molar-refractivity contribution < 1.29 is 19.1 Å². The van der Waals surface area contributed by atoms with Crippen LogP contribution in [0.3, 0.4) is 0 Å². The highest BCUT2D eigenvalue weighted by Gasteiger charge is 2.22. The predicted molar refractivity (Wildman–Crippen MR) is 103 cm³/mol. The first-order valence-corrected chi connectivity index (χ1v) is 8.81. The SMILES string of the molecule is COc1cc(/C=C2\C(=O)ON=C2C)cc(Br)c1OCc1ccc(C)cc1. The topological polar surface area (TPSA) is 57.1 Å². The highest BCUT2D eigenvalue weighted by atomic mass is 79.9. The van der Waals surface area contributed by atoms with Gasteiger partial charge in [-0.1, -0.05) is 35.0 Å². The zero-order valence-corrected chi connectivity index (χ0v) is 16.3. The summed E-state index contributed by atoms with van der Waals surface area (Å²) in [5, 5.41) is 3.68. The van der Waals surface area contributed by atoms with Gasteiger partial charge in [-0.05, 0) is 59.1 Å². The Balaban J connectivity index is 1.85. The first kappa shape index (κ1) is 18.2. The van der Waals surface area contributed by atoms with E-state index in [2.05, 4.69) is 25.9 Å². The number of oxime groups is 1. The fourth-order valence-electron chi connectivity index (χ4n) is 2.49. The molecule has 1 heterocycles. The molecule has 0 saturated heterocycles. The summed E-state index contributed by atoms with van der Waals surface area (Å²) in [6.45, 7) is 4.19. The number of nitrogens with zero attached hydrogens (tertiary/aromatic N) is 1. The lowest BCUT2D eigenvalue weighted by molar-refractivity contribution is -0.136. The van der Waals surface area contributed by atoms with Crippen LogP contribution in [0.15, 0.2) is 51.6 Å². The Morgan fingerprint density at radius 1 is 1.19 bits per heavy atom. The third-order valence-corrected chi connectivity index (χ3v) is 4.53. The second-order valence-electron chi connectivity index (χ2n) is 5.92. The van der Waals surface area contributed by atoms with Gasteiger partial charge in [0.25, 0.3) is 0 Å². The van der Waals surface area contributed by atoms with E-state index in [-0.39, 0.29) is 0 Å². The molecule has 0 radical (unpaired) electrons. The minimum Gasteiger partial charge on any atom is -0.493 e. The van der Waals surface area contributed by atoms with E-state index in [9.17, 15) is 4.79 Å². The number of halogens is 1. The number of carbonyl (C=O) groups excluding carboxylic acids is 1. The summed E-state index contributed by atoms with van der Waals surface area (Å²) in [4.78, 5) is 16.4. The lowest BCUT2D eigenvalue weighted by Gasteiger charge is -2.14. The molecule has 0 atom stereocenters. The van der Waals surface area contributed by atoms with E-state index in [1.54, 1.807) is 26.2 Å². The van der Waals surface area contributed by atoms with Crippen molar-refractivity contribution >= 4 is 33.7 Å². The van der Waals surface area contributed by atoms with Crippen LogP contribution in [0.25, 0.3) is 6.08 Å². The van der Waals surface area contributed by atoms with E-state index in [0.29, 0.717) is 29.4 Å². The van der Waals surface area contributed by atoms with Gasteiger partial charge >= 0.3 is 5.97 Å². The number of ether oxygens (including phenoxy) is 2. The van der Waals surface area contributed by atoms with Crippen molar-refractivity contribution in [1.82, 2.24) is 0 Å². The van der Waals surface area contributed by atoms with E-state index in [4.69, 9.17) is 9.47 Å². The Morgan fingerprint density at radius 2 is 1.92 bits per heavy atom. The molecule has 0 spiro atoms. The molecule has 0 aromatic heterocycles. The molecule has 5 nitrogen and oxygen atoms in total. The largest absolute Gasteiger partial charge is 0.493 e. The van der Waals surface area contributed by atoms with Crippen LogP contribution in [0, 0.1) is 6.92 Å². The van der Waals surface area contributed by atoms with Gasteiger partial charge in [0.15, 0.2) is 11.5 Å². The molecule has 2 aromatic rings. The Labute approximate surface area is 160 Å². The van der Waals surface area contributed by atoms with Crippen molar-refractivity contribution in [1.29, 1.82) is 0 Å². The number of hydrogen-bond acceptors (Lipinski definition) is 5. The zero-order valence-electron chi connectivity index (χ0n) is 14.7. The number of benzene rings is 2. The molecule has 0 bridgehead atoms. The fourth-order valence-corrected chi connectivity index (χ4v) is 3.06. The normalized spacial score (nSPS) is 15.0. The van der Waals surface area contributed by atoms with E-state index in [0.717, 1.165) is 15.6 Å². The zero-order chi connectivity index (χ0) is 18.7. The monoisotopic (exact) mass is 415 g/mol. The van der Waals surface area contributed by atoms with E-state index >= 15 is 0 Å². The van der Waals surface area contributed by atoms with E-state index in [1.165, 1.54) is 5.56 Å². The van der Waals surface area contributed by atoms with Gasteiger partial charge < -0.3 is 14.3 Å². The Bertz CT molecular complexity index is 901. The van der Waals surface area contributed by atoms with Gasteiger partial charge in [-0.25, -0.2) is 4.79 Å². The van der Waals surface area contributed by atoms with Gasteiger partial charge in [0.2, 0.25) is 0 Å². The van der Waals surface area contributed by atoms with Crippen LogP contribution >= 0.6 is 15.9 Å². The first-order chi connectivity index (χ1) is 12.5. The van der Waals surface area contributed by atoms with Crippen molar-refractivity contribution in [2.75, 3.05) is 7.11 Å². The van der Waals surface area contributed by atoms with Crippen molar-refractivity contribution in [3.05, 3.63) is 63.1 Å². The fraction of sp³-hybridized carbons (Fsp3) is 0.200. The minimum absolute atomic E-state index is 0.423. The van der Waals surface area contributed by atoms with Gasteiger partial charge in [0.1, 0.15) is 6.61 Å². The lowest BCUT2D eigenvalue weighted by Crippen LogP contribution is -2.02. The maximum Gasteiger partial charge on any atom is 0.367 e. The highest BCUT2D eigenvalue weighted by Crippen LogP contribution is 2.38. The first-order valence-electron chi connectivity index (χ1n) is 8.02. The molecule has 2 aromatic carbocycles. The molecule has 0 fully saturated rings. The molecule has 134 valence electrons. The summed E-state index contributed by atoms with van der Waals surface area (Å²) >= 11 is 3.52. The van der Waals surface area contributed by atoms with Gasteiger partial charge in [0.05, 0.1) is 22.9 Å². The molecular weight excluding hydrogens is 398 g/mol. The lowest BCUT2D eigenvalue weighted by atomic mass is 10.1. The van der Waals surface area contributed by atoms with Crippen LogP contribution in [0.1, 0.15) is 23.6 Å².